The lowest BCUT2D eigenvalue weighted by atomic mass is 10.1. The Balaban J connectivity index is 1.86. The molecular weight excluding hydrogens is 304 g/mol. The van der Waals surface area contributed by atoms with Crippen molar-refractivity contribution < 1.29 is 9.84 Å². The van der Waals surface area contributed by atoms with Gasteiger partial charge in [-0.15, -0.1) is 0 Å². The first-order valence-corrected chi connectivity index (χ1v) is 7.40. The van der Waals surface area contributed by atoms with Crippen LogP contribution in [0.2, 0.25) is 5.15 Å². The van der Waals surface area contributed by atoms with E-state index in [-0.39, 0.29) is 11.9 Å². The molecule has 22 heavy (non-hydrogen) atoms. The summed E-state index contributed by atoms with van der Waals surface area (Å²) in [6.45, 7) is 1.92. The van der Waals surface area contributed by atoms with E-state index in [1.54, 1.807) is 19.2 Å². The summed E-state index contributed by atoms with van der Waals surface area (Å²) in [6.07, 6.45) is 1.33. The second kappa shape index (κ2) is 6.37. The van der Waals surface area contributed by atoms with Gasteiger partial charge in [-0.3, -0.25) is 0 Å². The molecule has 7 heteroatoms. The van der Waals surface area contributed by atoms with Gasteiger partial charge >= 0.3 is 0 Å². The van der Waals surface area contributed by atoms with Crippen LogP contribution in [0.4, 0.5) is 11.5 Å². The molecule has 0 bridgehead atoms. The van der Waals surface area contributed by atoms with Gasteiger partial charge in [0.2, 0.25) is 0 Å². The van der Waals surface area contributed by atoms with E-state index >= 15 is 0 Å². The summed E-state index contributed by atoms with van der Waals surface area (Å²) in [5, 5.41) is 13.1. The van der Waals surface area contributed by atoms with Crippen LogP contribution in [0.1, 0.15) is 11.7 Å². The van der Waals surface area contributed by atoms with Crippen LogP contribution >= 0.6 is 11.6 Å². The minimum atomic E-state index is -0.126. The fraction of sp³-hybridized carbons (Fsp3) is 0.333. The summed E-state index contributed by atoms with van der Waals surface area (Å²) in [5.41, 5.74) is 1.65. The number of morpholine rings is 1. The first-order valence-electron chi connectivity index (χ1n) is 7.02. The van der Waals surface area contributed by atoms with Crippen LogP contribution in [0, 0.1) is 0 Å². The van der Waals surface area contributed by atoms with E-state index < -0.39 is 0 Å². The van der Waals surface area contributed by atoms with Crippen LogP contribution in [0.5, 0.6) is 5.75 Å². The third-order valence-electron chi connectivity index (χ3n) is 3.64. The SMILES string of the molecule is CNc1c(Cl)ncnc1N1CCOC(c2cccc(O)c2)C1. The lowest BCUT2D eigenvalue weighted by molar-refractivity contribution is 0.0394. The summed E-state index contributed by atoms with van der Waals surface area (Å²) < 4.78 is 5.82. The average Bonchev–Trinajstić information content (AvgIpc) is 2.55. The highest BCUT2D eigenvalue weighted by Crippen LogP contribution is 2.32. The van der Waals surface area contributed by atoms with Gasteiger partial charge < -0.3 is 20.1 Å². The molecule has 1 fully saturated rings. The number of hydrogen-bond donors (Lipinski definition) is 2. The minimum absolute atomic E-state index is 0.126. The fourth-order valence-electron chi connectivity index (χ4n) is 2.58. The number of aromatic nitrogens is 2. The second-order valence-electron chi connectivity index (χ2n) is 5.01. The minimum Gasteiger partial charge on any atom is -0.508 e. The second-order valence-corrected chi connectivity index (χ2v) is 5.37. The number of rotatable bonds is 3. The molecule has 1 atom stereocenters. The first-order chi connectivity index (χ1) is 10.7. The zero-order chi connectivity index (χ0) is 15.5. The van der Waals surface area contributed by atoms with Crippen molar-refractivity contribution in [3.63, 3.8) is 0 Å². The van der Waals surface area contributed by atoms with Gasteiger partial charge in [-0.1, -0.05) is 23.7 Å². The largest absolute Gasteiger partial charge is 0.508 e. The van der Waals surface area contributed by atoms with Crippen LogP contribution in [-0.2, 0) is 4.74 Å². The Kier molecular flexibility index (Phi) is 4.31. The van der Waals surface area contributed by atoms with Crippen molar-refractivity contribution in [3.05, 3.63) is 41.3 Å². The third kappa shape index (κ3) is 2.93. The molecule has 0 radical (unpaired) electrons. The molecule has 3 rings (SSSR count). The standard InChI is InChI=1S/C15H17ClN4O2/c1-17-13-14(16)18-9-19-15(13)20-5-6-22-12(8-20)10-3-2-4-11(21)7-10/h2-4,7,9,12,17,21H,5-6,8H2,1H3. The maximum atomic E-state index is 9.63. The van der Waals surface area contributed by atoms with Crippen molar-refractivity contribution >= 4 is 23.1 Å². The van der Waals surface area contributed by atoms with Crippen LogP contribution in [0.3, 0.4) is 0 Å². The Hall–Kier alpha value is -2.05. The monoisotopic (exact) mass is 320 g/mol. The average molecular weight is 321 g/mol. The molecule has 0 saturated carbocycles. The molecule has 1 aliphatic heterocycles. The molecule has 1 aliphatic rings. The van der Waals surface area contributed by atoms with Crippen LogP contribution in [0.25, 0.3) is 0 Å². The summed E-state index contributed by atoms with van der Waals surface area (Å²) in [4.78, 5) is 10.4. The fourth-order valence-corrected chi connectivity index (χ4v) is 2.80. The smallest absolute Gasteiger partial charge is 0.157 e. The predicted molar refractivity (Wildman–Crippen MR) is 85.6 cm³/mol. The molecule has 116 valence electrons. The molecule has 2 N–H and O–H groups in total. The normalized spacial score (nSPS) is 18.3. The van der Waals surface area contributed by atoms with Crippen molar-refractivity contribution in [2.24, 2.45) is 0 Å². The van der Waals surface area contributed by atoms with Crippen LogP contribution < -0.4 is 10.2 Å². The molecule has 0 amide bonds. The van der Waals surface area contributed by atoms with Crippen molar-refractivity contribution in [1.29, 1.82) is 0 Å². The van der Waals surface area contributed by atoms with Crippen LogP contribution in [-0.4, -0.2) is 41.8 Å². The number of phenolic OH excluding ortho intramolecular Hbond substituents is 1. The lowest BCUT2D eigenvalue weighted by Crippen LogP contribution is -2.39. The number of nitrogens with one attached hydrogen (secondary N) is 1. The van der Waals surface area contributed by atoms with Gasteiger partial charge in [-0.05, 0) is 17.7 Å². The number of hydrogen-bond acceptors (Lipinski definition) is 6. The molecule has 2 aromatic rings. The number of anilines is 2. The molecule has 1 aromatic heterocycles. The van der Waals surface area contributed by atoms with Crippen molar-refractivity contribution in [2.45, 2.75) is 6.10 Å². The Morgan fingerprint density at radius 1 is 1.41 bits per heavy atom. The molecule has 6 nitrogen and oxygen atoms in total. The Labute approximate surface area is 133 Å². The molecular formula is C15H17ClN4O2. The van der Waals surface area contributed by atoms with Gasteiger partial charge in [0.15, 0.2) is 11.0 Å². The van der Waals surface area contributed by atoms with E-state index in [4.69, 9.17) is 16.3 Å². The van der Waals surface area contributed by atoms with E-state index in [9.17, 15) is 5.11 Å². The molecule has 1 unspecified atom stereocenters. The quantitative estimate of drug-likeness (QED) is 0.847. The van der Waals surface area contributed by atoms with Gasteiger partial charge in [0.1, 0.15) is 23.9 Å². The highest BCUT2D eigenvalue weighted by molar-refractivity contribution is 6.32. The van der Waals surface area contributed by atoms with E-state index in [1.165, 1.54) is 6.33 Å². The van der Waals surface area contributed by atoms with Gasteiger partial charge in [0.05, 0.1) is 6.61 Å². The topological polar surface area (TPSA) is 70.5 Å². The lowest BCUT2D eigenvalue weighted by Gasteiger charge is -2.34. The van der Waals surface area contributed by atoms with Crippen molar-refractivity contribution in [3.8, 4) is 5.75 Å². The molecule has 2 heterocycles. The number of nitrogens with zero attached hydrogens (tertiary/aromatic N) is 3. The van der Waals surface area contributed by atoms with Gasteiger partial charge in [-0.2, -0.15) is 0 Å². The Morgan fingerprint density at radius 3 is 3.05 bits per heavy atom. The molecule has 1 saturated heterocycles. The summed E-state index contributed by atoms with van der Waals surface area (Å²) in [5.74, 6) is 0.996. The highest BCUT2D eigenvalue weighted by atomic mass is 35.5. The first kappa shape index (κ1) is 14.9. The van der Waals surface area contributed by atoms with Gasteiger partial charge in [-0.25, -0.2) is 9.97 Å². The van der Waals surface area contributed by atoms with Crippen LogP contribution in [0.15, 0.2) is 30.6 Å². The summed E-state index contributed by atoms with van der Waals surface area (Å²) in [7, 11) is 1.79. The predicted octanol–water partition coefficient (Wildman–Crippen LogP) is 2.46. The third-order valence-corrected chi connectivity index (χ3v) is 3.93. The van der Waals surface area contributed by atoms with E-state index in [0.29, 0.717) is 24.0 Å². The van der Waals surface area contributed by atoms with Gasteiger partial charge in [0.25, 0.3) is 0 Å². The Bertz CT molecular complexity index is 668. The number of halogens is 1. The van der Waals surface area contributed by atoms with Crippen molar-refractivity contribution in [1.82, 2.24) is 9.97 Å². The van der Waals surface area contributed by atoms with Crippen molar-refractivity contribution in [2.75, 3.05) is 37.0 Å². The summed E-state index contributed by atoms with van der Waals surface area (Å²) in [6, 6.07) is 7.13. The van der Waals surface area contributed by atoms with E-state index in [1.807, 2.05) is 12.1 Å². The maximum Gasteiger partial charge on any atom is 0.157 e. The summed E-state index contributed by atoms with van der Waals surface area (Å²) >= 11 is 6.12. The van der Waals surface area contributed by atoms with Gasteiger partial charge in [0, 0.05) is 20.1 Å². The highest BCUT2D eigenvalue weighted by Gasteiger charge is 2.25. The number of benzene rings is 1. The molecule has 1 aromatic carbocycles. The molecule has 0 aliphatic carbocycles. The van der Waals surface area contributed by atoms with E-state index in [0.717, 1.165) is 17.9 Å². The zero-order valence-electron chi connectivity index (χ0n) is 12.2. The zero-order valence-corrected chi connectivity index (χ0v) is 12.9. The molecule has 0 spiro atoms. The maximum absolute atomic E-state index is 9.63. The number of phenols is 1. The van der Waals surface area contributed by atoms with E-state index in [2.05, 4.69) is 20.2 Å². The number of aromatic hydroxyl groups is 1. The Morgan fingerprint density at radius 2 is 2.27 bits per heavy atom. The number of ether oxygens (including phenoxy) is 1.